The van der Waals surface area contributed by atoms with Crippen LogP contribution in [0.25, 0.3) is 0 Å². The monoisotopic (exact) mass is 270 g/mol. The molecule has 1 aliphatic rings. The Bertz CT molecular complexity index is 450. The summed E-state index contributed by atoms with van der Waals surface area (Å²) < 4.78 is 7.10. The molecule has 0 spiro atoms. The molecule has 0 radical (unpaired) electrons. The fourth-order valence-electron chi connectivity index (χ4n) is 1.85. The Hall–Kier alpha value is -1.36. The number of hydrogen-bond acceptors (Lipinski definition) is 3. The van der Waals surface area contributed by atoms with Crippen LogP contribution >= 0.6 is 0 Å². The average molecular weight is 270 g/mol. The summed E-state index contributed by atoms with van der Waals surface area (Å²) in [5, 5.41) is 0. The molecule has 0 aliphatic carbocycles. The maximum absolute atomic E-state index is 11.4. The van der Waals surface area contributed by atoms with Gasteiger partial charge in [0.2, 0.25) is 0 Å². The fraction of sp³-hybridized carbons (Fsp3) is 0.714. The lowest BCUT2D eigenvalue weighted by Crippen LogP contribution is -2.31. The number of ether oxygens (including phenoxy) is 1. The van der Waals surface area contributed by atoms with Crippen molar-refractivity contribution in [3.05, 3.63) is 33.1 Å². The van der Waals surface area contributed by atoms with Crippen molar-refractivity contribution in [1.82, 2.24) is 9.55 Å². The second-order valence-electron chi connectivity index (χ2n) is 3.72. The molecule has 1 saturated heterocycles. The number of nitrogens with zero attached hydrogens (tertiary/aromatic N) is 1. The second-order valence-corrected chi connectivity index (χ2v) is 3.72. The molecule has 110 valence electrons. The van der Waals surface area contributed by atoms with Crippen molar-refractivity contribution in [2.24, 2.45) is 0 Å². The van der Waals surface area contributed by atoms with Crippen LogP contribution in [0.15, 0.2) is 21.9 Å². The molecule has 2 unspecified atom stereocenters. The van der Waals surface area contributed by atoms with Crippen molar-refractivity contribution in [2.75, 3.05) is 0 Å². The molecule has 1 aromatic rings. The maximum Gasteiger partial charge on any atom is 0.330 e. The van der Waals surface area contributed by atoms with Gasteiger partial charge in [-0.1, -0.05) is 34.6 Å². The Morgan fingerprint density at radius 3 is 2.37 bits per heavy atom. The van der Waals surface area contributed by atoms with E-state index in [1.54, 1.807) is 0 Å². The fourth-order valence-corrected chi connectivity index (χ4v) is 1.85. The van der Waals surface area contributed by atoms with Gasteiger partial charge in [0.15, 0.2) is 0 Å². The number of rotatable bonds is 2. The van der Waals surface area contributed by atoms with Crippen molar-refractivity contribution in [3.63, 3.8) is 0 Å². The Labute approximate surface area is 114 Å². The highest BCUT2D eigenvalue weighted by Gasteiger charge is 2.25. The highest BCUT2D eigenvalue weighted by atomic mass is 16.5. The summed E-state index contributed by atoms with van der Waals surface area (Å²) >= 11 is 0. The van der Waals surface area contributed by atoms with E-state index in [0.717, 1.165) is 19.3 Å². The Kier molecular flexibility index (Phi) is 8.87. The van der Waals surface area contributed by atoms with E-state index in [1.807, 2.05) is 27.7 Å². The summed E-state index contributed by atoms with van der Waals surface area (Å²) in [6.45, 7) is 10.1. The van der Waals surface area contributed by atoms with Crippen LogP contribution in [0.1, 0.15) is 60.1 Å². The van der Waals surface area contributed by atoms with E-state index in [-0.39, 0.29) is 17.9 Å². The van der Waals surface area contributed by atoms with Crippen molar-refractivity contribution < 1.29 is 4.74 Å². The standard InChI is InChI=1S/C10H14N2O3.2C2H6/c1-2-7-3-4-9(15-7)12-6-5-8(13)11-10(12)14;2*1-2/h5-7,9H,2-4H2,1H3,(H,11,13,14);2*1-2H3. The van der Waals surface area contributed by atoms with Crippen LogP contribution < -0.4 is 11.2 Å². The van der Waals surface area contributed by atoms with Crippen molar-refractivity contribution in [3.8, 4) is 0 Å². The number of hydrogen-bond donors (Lipinski definition) is 1. The Morgan fingerprint density at radius 2 is 1.89 bits per heavy atom. The predicted octanol–water partition coefficient (Wildman–Crippen LogP) is 2.68. The van der Waals surface area contributed by atoms with Crippen LogP contribution in [-0.4, -0.2) is 15.7 Å². The first-order valence-corrected chi connectivity index (χ1v) is 7.17. The van der Waals surface area contributed by atoms with Crippen molar-refractivity contribution in [1.29, 1.82) is 0 Å². The van der Waals surface area contributed by atoms with Gasteiger partial charge in [0.1, 0.15) is 6.23 Å². The van der Waals surface area contributed by atoms with Gasteiger partial charge in [0.25, 0.3) is 5.56 Å². The number of H-pyrrole nitrogens is 1. The van der Waals surface area contributed by atoms with Gasteiger partial charge in [0, 0.05) is 12.3 Å². The third-order valence-corrected chi connectivity index (χ3v) is 2.70. The lowest BCUT2D eigenvalue weighted by molar-refractivity contribution is -0.00200. The van der Waals surface area contributed by atoms with Gasteiger partial charge in [-0.2, -0.15) is 0 Å². The van der Waals surface area contributed by atoms with E-state index < -0.39 is 5.69 Å². The predicted molar refractivity (Wildman–Crippen MR) is 77.5 cm³/mol. The Balaban J connectivity index is 0.000000741. The molecule has 2 rings (SSSR count). The van der Waals surface area contributed by atoms with E-state index >= 15 is 0 Å². The lowest BCUT2D eigenvalue weighted by atomic mass is 10.2. The second kappa shape index (κ2) is 9.55. The van der Waals surface area contributed by atoms with Crippen LogP contribution in [0.4, 0.5) is 0 Å². The van der Waals surface area contributed by atoms with E-state index in [1.165, 1.54) is 16.8 Å². The summed E-state index contributed by atoms with van der Waals surface area (Å²) in [5.74, 6) is 0. The lowest BCUT2D eigenvalue weighted by Gasteiger charge is -2.14. The summed E-state index contributed by atoms with van der Waals surface area (Å²) in [7, 11) is 0. The molecule has 0 saturated carbocycles. The van der Waals surface area contributed by atoms with Gasteiger partial charge in [0.05, 0.1) is 6.10 Å². The molecule has 1 fully saturated rings. The van der Waals surface area contributed by atoms with Crippen LogP contribution in [0, 0.1) is 0 Å². The first-order valence-electron chi connectivity index (χ1n) is 7.17. The zero-order valence-corrected chi connectivity index (χ0v) is 12.6. The van der Waals surface area contributed by atoms with Crippen LogP contribution in [0.2, 0.25) is 0 Å². The van der Waals surface area contributed by atoms with Gasteiger partial charge in [-0.25, -0.2) is 4.79 Å². The van der Waals surface area contributed by atoms with Crippen LogP contribution in [-0.2, 0) is 4.74 Å². The van der Waals surface area contributed by atoms with Gasteiger partial charge in [-0.3, -0.25) is 14.3 Å². The van der Waals surface area contributed by atoms with Gasteiger partial charge in [-0.15, -0.1) is 0 Å². The molecular weight excluding hydrogens is 244 g/mol. The van der Waals surface area contributed by atoms with Crippen LogP contribution in [0.3, 0.4) is 0 Å². The summed E-state index contributed by atoms with van der Waals surface area (Å²) in [5.41, 5.74) is -0.773. The molecule has 0 bridgehead atoms. The maximum atomic E-state index is 11.4. The van der Waals surface area contributed by atoms with E-state index in [0.29, 0.717) is 0 Å². The molecule has 1 aromatic heterocycles. The smallest absolute Gasteiger partial charge is 0.330 e. The highest BCUT2D eigenvalue weighted by molar-refractivity contribution is 4.85. The average Bonchev–Trinajstić information content (AvgIpc) is 2.92. The molecular formula is C14H26N2O3. The number of aromatic amines is 1. The molecule has 19 heavy (non-hydrogen) atoms. The zero-order valence-electron chi connectivity index (χ0n) is 12.6. The molecule has 0 aromatic carbocycles. The molecule has 0 amide bonds. The van der Waals surface area contributed by atoms with Gasteiger partial charge >= 0.3 is 5.69 Å². The Morgan fingerprint density at radius 1 is 1.26 bits per heavy atom. The SMILES string of the molecule is CC.CC.CCC1CCC(n2ccc(=O)[nH]c2=O)O1. The molecule has 5 heteroatoms. The molecule has 2 atom stereocenters. The topological polar surface area (TPSA) is 64.1 Å². The quantitative estimate of drug-likeness (QED) is 0.898. The van der Waals surface area contributed by atoms with E-state index in [4.69, 9.17) is 4.74 Å². The van der Waals surface area contributed by atoms with Gasteiger partial charge < -0.3 is 4.74 Å². The minimum absolute atomic E-state index is 0.223. The summed E-state index contributed by atoms with van der Waals surface area (Å²) in [4.78, 5) is 24.5. The molecule has 2 heterocycles. The number of nitrogens with one attached hydrogen (secondary N) is 1. The van der Waals surface area contributed by atoms with Gasteiger partial charge in [-0.05, 0) is 19.3 Å². The molecule has 5 nitrogen and oxygen atoms in total. The normalized spacial score (nSPS) is 20.9. The van der Waals surface area contributed by atoms with E-state index in [2.05, 4.69) is 11.9 Å². The van der Waals surface area contributed by atoms with Crippen molar-refractivity contribution >= 4 is 0 Å². The highest BCUT2D eigenvalue weighted by Crippen LogP contribution is 2.28. The number of aromatic nitrogens is 2. The van der Waals surface area contributed by atoms with Crippen LogP contribution in [0.5, 0.6) is 0 Å². The summed E-state index contributed by atoms with van der Waals surface area (Å²) in [6, 6.07) is 1.34. The largest absolute Gasteiger partial charge is 0.355 e. The zero-order chi connectivity index (χ0) is 14.8. The molecule has 1 aliphatic heterocycles. The molecule has 1 N–H and O–H groups in total. The van der Waals surface area contributed by atoms with E-state index in [9.17, 15) is 9.59 Å². The third-order valence-electron chi connectivity index (χ3n) is 2.70. The first-order chi connectivity index (χ1) is 9.20. The van der Waals surface area contributed by atoms with Crippen molar-refractivity contribution in [2.45, 2.75) is 66.2 Å². The third kappa shape index (κ3) is 5.03. The minimum atomic E-state index is -0.399. The first kappa shape index (κ1) is 17.6. The minimum Gasteiger partial charge on any atom is -0.355 e. The summed E-state index contributed by atoms with van der Waals surface area (Å²) in [6.07, 6.45) is 4.24.